The summed E-state index contributed by atoms with van der Waals surface area (Å²) in [4.78, 5) is 30.0. The Hall–Kier alpha value is 0.350. The largest absolute Gasteiger partial charge is 1.00 e. The Balaban J connectivity index is -0.000000170. The van der Waals surface area contributed by atoms with Gasteiger partial charge in [-0.25, -0.2) is 0 Å². The predicted molar refractivity (Wildman–Crippen MR) is 68.0 cm³/mol. The molecular formula is C14H15Na3O9. The maximum absolute atomic E-state index is 10.1. The van der Waals surface area contributed by atoms with Crippen molar-refractivity contribution in [1.82, 2.24) is 0 Å². The molecule has 9 nitrogen and oxygen atoms in total. The zero-order valence-corrected chi connectivity index (χ0v) is 21.1. The minimum Gasteiger partial charge on any atom is -0.550 e. The van der Waals surface area contributed by atoms with Gasteiger partial charge in [0.25, 0.3) is 0 Å². The van der Waals surface area contributed by atoms with Crippen LogP contribution in [0, 0.1) is 0 Å². The first kappa shape index (κ1) is 33.9. The summed E-state index contributed by atoms with van der Waals surface area (Å²) in [6.07, 6.45) is -3.45. The number of hydrogen-bond donors (Lipinski definition) is 2. The van der Waals surface area contributed by atoms with Crippen LogP contribution in [0.2, 0.25) is 0 Å². The Morgan fingerprint density at radius 2 is 1.38 bits per heavy atom. The Morgan fingerprint density at radius 1 is 1.00 bits per heavy atom. The van der Waals surface area contributed by atoms with Gasteiger partial charge in [-0.2, -0.15) is 0 Å². The Bertz CT molecular complexity index is 522. The fourth-order valence-electron chi connectivity index (χ4n) is 1.38. The number of rotatable bonds is 7. The van der Waals surface area contributed by atoms with Gasteiger partial charge in [-0.15, -0.1) is 0 Å². The second-order valence-electron chi connectivity index (χ2n) is 4.45. The van der Waals surface area contributed by atoms with Crippen molar-refractivity contribution in [3.05, 3.63) is 30.3 Å². The second-order valence-corrected chi connectivity index (χ2v) is 4.45. The van der Waals surface area contributed by atoms with Gasteiger partial charge in [-0.3, -0.25) is 0 Å². The van der Waals surface area contributed by atoms with E-state index in [9.17, 15) is 29.7 Å². The number of aliphatic hydroxyl groups is 2. The molecule has 0 aromatic heterocycles. The molecule has 1 unspecified atom stereocenters. The fraction of sp³-hybridized carbons (Fsp3) is 0.357. The van der Waals surface area contributed by atoms with Crippen LogP contribution in [0.3, 0.4) is 0 Å². The number of carbonyl (C=O) groups is 3. The molecule has 1 aromatic carbocycles. The van der Waals surface area contributed by atoms with Crippen molar-refractivity contribution in [2.45, 2.75) is 31.7 Å². The van der Waals surface area contributed by atoms with E-state index >= 15 is 0 Å². The molecule has 0 aliphatic heterocycles. The average Bonchev–Trinajstić information content (AvgIpc) is 2.37. The first-order chi connectivity index (χ1) is 10.6. The molecule has 0 bridgehead atoms. The summed E-state index contributed by atoms with van der Waals surface area (Å²) in [6.45, 7) is 1.58. The van der Waals surface area contributed by atoms with Crippen LogP contribution < -0.4 is 109 Å². The summed E-state index contributed by atoms with van der Waals surface area (Å²) in [5.74, 6) is -5.29. The van der Waals surface area contributed by atoms with Crippen LogP contribution in [-0.2, 0) is 14.4 Å². The van der Waals surface area contributed by atoms with Crippen LogP contribution in [0.1, 0.15) is 19.8 Å². The first-order valence-corrected chi connectivity index (χ1v) is 6.30. The molecule has 2 N–H and O–H groups in total. The number of carboxylic acid groups (broad SMARTS) is 3. The number of carboxylic acids is 3. The summed E-state index contributed by atoms with van der Waals surface area (Å²) >= 11 is 0. The van der Waals surface area contributed by atoms with E-state index in [1.165, 1.54) is 0 Å². The van der Waals surface area contributed by atoms with Gasteiger partial charge in [0.15, 0.2) is 6.29 Å². The summed E-state index contributed by atoms with van der Waals surface area (Å²) < 4.78 is 4.97. The third kappa shape index (κ3) is 16.5. The minimum atomic E-state index is -2.97. The number of ether oxygens (including phenoxy) is 1. The maximum atomic E-state index is 10.1. The molecule has 26 heavy (non-hydrogen) atoms. The molecular weight excluding hydrogens is 381 g/mol. The molecule has 1 atom stereocenters. The number of carbonyl (C=O) groups excluding carboxylic acids is 3. The van der Waals surface area contributed by atoms with E-state index in [4.69, 9.17) is 14.9 Å². The molecule has 0 aliphatic rings. The van der Waals surface area contributed by atoms with Crippen LogP contribution in [-0.4, -0.2) is 40.0 Å². The Morgan fingerprint density at radius 3 is 1.65 bits per heavy atom. The van der Waals surface area contributed by atoms with E-state index in [1.807, 2.05) is 18.2 Å². The van der Waals surface area contributed by atoms with Gasteiger partial charge in [-0.05, 0) is 19.1 Å². The van der Waals surface area contributed by atoms with Crippen molar-refractivity contribution in [2.24, 2.45) is 0 Å². The molecule has 1 aromatic rings. The summed E-state index contributed by atoms with van der Waals surface area (Å²) in [5, 5.41) is 47.7. The van der Waals surface area contributed by atoms with E-state index in [0.29, 0.717) is 5.75 Å². The van der Waals surface area contributed by atoms with Crippen molar-refractivity contribution >= 4 is 17.9 Å². The zero-order chi connectivity index (χ0) is 18.0. The van der Waals surface area contributed by atoms with Crippen molar-refractivity contribution in [3.8, 4) is 5.75 Å². The molecule has 128 valence electrons. The number of aliphatic hydroxyl groups excluding tert-OH is 1. The third-order valence-corrected chi connectivity index (χ3v) is 2.30. The smallest absolute Gasteiger partial charge is 0.550 e. The van der Waals surface area contributed by atoms with E-state index < -0.39 is 42.6 Å². The predicted octanol–water partition coefficient (Wildman–Crippen LogP) is -12.8. The quantitative estimate of drug-likeness (QED) is 0.335. The topological polar surface area (TPSA) is 170 Å². The van der Waals surface area contributed by atoms with E-state index in [2.05, 4.69) is 0 Å². The normalized spacial score (nSPS) is 10.3. The number of para-hydroxylation sites is 1. The summed E-state index contributed by atoms with van der Waals surface area (Å²) in [5.41, 5.74) is -2.97. The first-order valence-electron chi connectivity index (χ1n) is 6.30. The van der Waals surface area contributed by atoms with Gasteiger partial charge in [0.2, 0.25) is 0 Å². The van der Waals surface area contributed by atoms with Crippen LogP contribution in [0.25, 0.3) is 0 Å². The number of hydrogen-bond acceptors (Lipinski definition) is 9. The molecule has 0 fully saturated rings. The number of benzene rings is 1. The summed E-state index contributed by atoms with van der Waals surface area (Å²) in [7, 11) is 0. The van der Waals surface area contributed by atoms with Gasteiger partial charge in [0, 0.05) is 24.8 Å². The standard InChI is InChI=1S/C8H10O2.C6H8O7.3Na/c1-7(9)10-8-5-3-2-4-6-8;7-3(8)1-6(13,5(11)12)2-4(9)10;;;/h2-7,9H,1H3;13H,1-2H2,(H,7,8)(H,9,10)(H,11,12);;;/q;;3*+1/p-3. The van der Waals surface area contributed by atoms with E-state index in [0.717, 1.165) is 0 Å². The van der Waals surface area contributed by atoms with Crippen LogP contribution in [0.4, 0.5) is 0 Å². The maximum Gasteiger partial charge on any atom is 1.00 e. The van der Waals surface area contributed by atoms with Crippen LogP contribution in [0.5, 0.6) is 5.75 Å². The third-order valence-electron chi connectivity index (χ3n) is 2.30. The van der Waals surface area contributed by atoms with Crippen molar-refractivity contribution in [1.29, 1.82) is 0 Å². The van der Waals surface area contributed by atoms with Crippen LogP contribution >= 0.6 is 0 Å². The van der Waals surface area contributed by atoms with Gasteiger partial charge >= 0.3 is 88.7 Å². The molecule has 0 heterocycles. The minimum absolute atomic E-state index is 0. The Kier molecular flexibility index (Phi) is 22.7. The number of aliphatic carboxylic acids is 3. The Labute approximate surface area is 216 Å². The zero-order valence-electron chi connectivity index (χ0n) is 15.1. The molecule has 0 saturated carbocycles. The van der Waals surface area contributed by atoms with Gasteiger partial charge in [0.05, 0.1) is 5.97 Å². The van der Waals surface area contributed by atoms with Crippen molar-refractivity contribution in [2.75, 3.05) is 0 Å². The van der Waals surface area contributed by atoms with Gasteiger partial charge in [0.1, 0.15) is 11.4 Å². The average molecular weight is 396 g/mol. The molecule has 0 saturated heterocycles. The molecule has 0 aliphatic carbocycles. The SMILES string of the molecule is CC(O)Oc1ccccc1.O=C([O-])CC(O)(CC(=O)[O-])C(=O)[O-].[Na+].[Na+].[Na+]. The molecule has 0 radical (unpaired) electrons. The molecule has 1 rings (SSSR count). The summed E-state index contributed by atoms with van der Waals surface area (Å²) in [6, 6.07) is 9.21. The van der Waals surface area contributed by atoms with Gasteiger partial charge < -0.3 is 44.7 Å². The second kappa shape index (κ2) is 17.4. The molecule has 12 heteroatoms. The van der Waals surface area contributed by atoms with Gasteiger partial charge in [-0.1, -0.05) is 18.2 Å². The fourth-order valence-corrected chi connectivity index (χ4v) is 1.38. The molecule has 0 amide bonds. The van der Waals surface area contributed by atoms with E-state index in [-0.39, 0.29) is 88.7 Å². The van der Waals surface area contributed by atoms with Crippen LogP contribution in [0.15, 0.2) is 30.3 Å². The van der Waals surface area contributed by atoms with E-state index in [1.54, 1.807) is 19.1 Å². The van der Waals surface area contributed by atoms with Crippen molar-refractivity contribution in [3.63, 3.8) is 0 Å². The molecule has 0 spiro atoms. The van der Waals surface area contributed by atoms with Crippen molar-refractivity contribution < 1.29 is 133 Å². The monoisotopic (exact) mass is 396 g/mol.